The van der Waals surface area contributed by atoms with Crippen LogP contribution >= 0.6 is 15.9 Å². The molecule has 1 aromatic carbocycles. The average molecular weight is 351 g/mol. The van der Waals surface area contributed by atoms with Gasteiger partial charge in [-0.1, -0.05) is 0 Å². The van der Waals surface area contributed by atoms with Crippen molar-refractivity contribution in [2.24, 2.45) is 0 Å². The first-order valence-electron chi connectivity index (χ1n) is 6.34. The Morgan fingerprint density at radius 2 is 2.19 bits per heavy atom. The molecule has 2 heterocycles. The van der Waals surface area contributed by atoms with E-state index in [1.165, 1.54) is 6.07 Å². The second-order valence-electron chi connectivity index (χ2n) is 4.31. The number of rotatable bonds is 4. The third-order valence-corrected chi connectivity index (χ3v) is 3.43. The van der Waals surface area contributed by atoms with Crippen LogP contribution in [0.1, 0.15) is 6.92 Å². The second kappa shape index (κ2) is 5.65. The Kier molecular flexibility index (Phi) is 3.70. The maximum atomic E-state index is 13.3. The second-order valence-corrected chi connectivity index (χ2v) is 5.17. The van der Waals surface area contributed by atoms with Crippen molar-refractivity contribution in [2.45, 2.75) is 6.92 Å². The van der Waals surface area contributed by atoms with E-state index < -0.39 is 0 Å². The number of H-pyrrole nitrogens is 1. The number of halogens is 2. The van der Waals surface area contributed by atoms with Crippen molar-refractivity contribution in [3.05, 3.63) is 34.7 Å². The highest BCUT2D eigenvalue weighted by Crippen LogP contribution is 2.26. The third kappa shape index (κ3) is 2.80. The summed E-state index contributed by atoms with van der Waals surface area (Å²) < 4.78 is 13.7. The molecule has 0 fully saturated rings. The normalized spacial score (nSPS) is 10.8. The lowest BCUT2D eigenvalue weighted by Gasteiger charge is -2.09. The van der Waals surface area contributed by atoms with Crippen LogP contribution < -0.4 is 10.6 Å². The van der Waals surface area contributed by atoms with Gasteiger partial charge in [0.25, 0.3) is 0 Å². The quantitative estimate of drug-likeness (QED) is 0.671. The largest absolute Gasteiger partial charge is 0.354 e. The summed E-state index contributed by atoms with van der Waals surface area (Å²) in [6.07, 6.45) is 1.64. The first-order chi connectivity index (χ1) is 10.2. The number of benzene rings is 1. The molecule has 6 nitrogen and oxygen atoms in total. The van der Waals surface area contributed by atoms with Gasteiger partial charge in [0.05, 0.1) is 16.1 Å². The zero-order valence-corrected chi connectivity index (χ0v) is 12.7. The minimum Gasteiger partial charge on any atom is -0.354 e. The zero-order chi connectivity index (χ0) is 14.8. The van der Waals surface area contributed by atoms with Gasteiger partial charge < -0.3 is 10.6 Å². The lowest BCUT2D eigenvalue weighted by molar-refractivity contribution is 0.621. The highest BCUT2D eigenvalue weighted by molar-refractivity contribution is 9.10. The summed E-state index contributed by atoms with van der Waals surface area (Å²) >= 11 is 3.16. The molecule has 0 atom stereocenters. The minimum atomic E-state index is -0.315. The Morgan fingerprint density at radius 1 is 1.33 bits per heavy atom. The van der Waals surface area contributed by atoms with E-state index in [0.717, 1.165) is 5.39 Å². The van der Waals surface area contributed by atoms with Crippen LogP contribution in [0.3, 0.4) is 0 Å². The molecule has 8 heteroatoms. The third-order valence-electron chi connectivity index (χ3n) is 2.83. The van der Waals surface area contributed by atoms with E-state index >= 15 is 0 Å². The van der Waals surface area contributed by atoms with Gasteiger partial charge in [0, 0.05) is 12.2 Å². The van der Waals surface area contributed by atoms with Gasteiger partial charge in [-0.15, -0.1) is 0 Å². The van der Waals surface area contributed by atoms with Crippen LogP contribution in [0.4, 0.5) is 21.8 Å². The Hall–Kier alpha value is -2.22. The molecular formula is C13H12BrFN6. The topological polar surface area (TPSA) is 78.5 Å². The van der Waals surface area contributed by atoms with Crippen LogP contribution in [-0.2, 0) is 0 Å². The maximum absolute atomic E-state index is 13.3. The SMILES string of the molecule is CCNc1nc(Nc2ccc(F)c(Br)c2)c2cn[nH]c2n1. The van der Waals surface area contributed by atoms with Crippen molar-refractivity contribution < 1.29 is 4.39 Å². The van der Waals surface area contributed by atoms with Crippen molar-refractivity contribution >= 4 is 44.4 Å². The zero-order valence-electron chi connectivity index (χ0n) is 11.1. The number of aromatic amines is 1. The highest BCUT2D eigenvalue weighted by Gasteiger charge is 2.10. The monoisotopic (exact) mass is 350 g/mol. The molecule has 0 aliphatic carbocycles. The number of hydrogen-bond acceptors (Lipinski definition) is 5. The van der Waals surface area contributed by atoms with Gasteiger partial charge in [0.1, 0.15) is 11.6 Å². The molecule has 0 amide bonds. The van der Waals surface area contributed by atoms with Crippen LogP contribution in [0, 0.1) is 5.82 Å². The summed E-state index contributed by atoms with van der Waals surface area (Å²) in [5, 5.41) is 13.8. The van der Waals surface area contributed by atoms with Crippen LogP contribution in [0.5, 0.6) is 0 Å². The van der Waals surface area contributed by atoms with E-state index in [2.05, 4.69) is 46.7 Å². The summed E-state index contributed by atoms with van der Waals surface area (Å²) in [7, 11) is 0. The molecule has 3 N–H and O–H groups in total. The molecule has 0 bridgehead atoms. The lowest BCUT2D eigenvalue weighted by Crippen LogP contribution is -2.04. The first kappa shape index (κ1) is 13.7. The van der Waals surface area contributed by atoms with Gasteiger partial charge in [0.15, 0.2) is 5.65 Å². The summed E-state index contributed by atoms with van der Waals surface area (Å²) in [5.74, 6) is 0.783. The molecule has 0 aliphatic rings. The number of anilines is 3. The standard InChI is InChI=1S/C13H12BrFN6/c1-2-16-13-19-11(8-6-17-21-12(8)20-13)18-7-3-4-10(15)9(14)5-7/h3-6H,2H2,1H3,(H3,16,17,18,19,20,21). The summed E-state index contributed by atoms with van der Waals surface area (Å²) in [6.45, 7) is 2.67. The molecule has 2 aromatic heterocycles. The predicted molar refractivity (Wildman–Crippen MR) is 83.2 cm³/mol. The molecule has 3 aromatic rings. The molecule has 3 rings (SSSR count). The Balaban J connectivity index is 2.01. The van der Waals surface area contributed by atoms with Crippen molar-refractivity contribution in [1.82, 2.24) is 20.2 Å². The van der Waals surface area contributed by atoms with Crippen molar-refractivity contribution in [1.29, 1.82) is 0 Å². The van der Waals surface area contributed by atoms with Crippen LogP contribution in [0.15, 0.2) is 28.9 Å². The fourth-order valence-electron chi connectivity index (χ4n) is 1.88. The van der Waals surface area contributed by atoms with Gasteiger partial charge in [0.2, 0.25) is 5.95 Å². The smallest absolute Gasteiger partial charge is 0.226 e. The van der Waals surface area contributed by atoms with Gasteiger partial charge in [-0.25, -0.2) is 4.39 Å². The Labute approximate surface area is 128 Å². The number of aromatic nitrogens is 4. The molecule has 21 heavy (non-hydrogen) atoms. The Morgan fingerprint density at radius 3 is 2.95 bits per heavy atom. The Bertz CT molecular complexity index is 787. The van der Waals surface area contributed by atoms with E-state index in [4.69, 9.17) is 0 Å². The first-order valence-corrected chi connectivity index (χ1v) is 7.13. The van der Waals surface area contributed by atoms with Crippen molar-refractivity contribution in [3.63, 3.8) is 0 Å². The van der Waals surface area contributed by atoms with Crippen molar-refractivity contribution in [3.8, 4) is 0 Å². The summed E-state index contributed by atoms with van der Waals surface area (Å²) in [5.41, 5.74) is 1.34. The number of fused-ring (bicyclic) bond motifs is 1. The number of nitrogens with zero attached hydrogens (tertiary/aromatic N) is 3. The molecule has 0 unspecified atom stereocenters. The van der Waals surface area contributed by atoms with Gasteiger partial charge in [-0.3, -0.25) is 5.10 Å². The van der Waals surface area contributed by atoms with E-state index in [-0.39, 0.29) is 5.82 Å². The molecule has 0 spiro atoms. The predicted octanol–water partition coefficient (Wildman–Crippen LogP) is 3.43. The van der Waals surface area contributed by atoms with Crippen LogP contribution in [0.2, 0.25) is 0 Å². The van der Waals surface area contributed by atoms with E-state index in [0.29, 0.717) is 34.1 Å². The van der Waals surface area contributed by atoms with Crippen molar-refractivity contribution in [2.75, 3.05) is 17.2 Å². The fraction of sp³-hybridized carbons (Fsp3) is 0.154. The summed E-state index contributed by atoms with van der Waals surface area (Å²) in [6, 6.07) is 4.67. The fourth-order valence-corrected chi connectivity index (χ4v) is 2.26. The molecular weight excluding hydrogens is 339 g/mol. The molecule has 0 radical (unpaired) electrons. The molecule has 108 valence electrons. The molecule has 0 aliphatic heterocycles. The van der Waals surface area contributed by atoms with Gasteiger partial charge >= 0.3 is 0 Å². The van der Waals surface area contributed by atoms with Gasteiger partial charge in [-0.05, 0) is 41.1 Å². The summed E-state index contributed by atoms with van der Waals surface area (Å²) in [4.78, 5) is 8.72. The number of nitrogens with one attached hydrogen (secondary N) is 3. The lowest BCUT2D eigenvalue weighted by atomic mass is 10.3. The van der Waals surface area contributed by atoms with E-state index in [1.54, 1.807) is 18.3 Å². The average Bonchev–Trinajstić information content (AvgIpc) is 2.92. The highest BCUT2D eigenvalue weighted by atomic mass is 79.9. The molecule has 0 saturated heterocycles. The molecule has 0 saturated carbocycles. The van der Waals surface area contributed by atoms with E-state index in [1.807, 2.05) is 6.92 Å². The van der Waals surface area contributed by atoms with E-state index in [9.17, 15) is 4.39 Å². The van der Waals surface area contributed by atoms with Crippen LogP contribution in [-0.4, -0.2) is 26.7 Å². The van der Waals surface area contributed by atoms with Crippen LogP contribution in [0.25, 0.3) is 11.0 Å². The number of hydrogen-bond donors (Lipinski definition) is 3. The maximum Gasteiger partial charge on any atom is 0.226 e. The minimum absolute atomic E-state index is 0.315. The van der Waals surface area contributed by atoms with Gasteiger partial charge in [-0.2, -0.15) is 15.1 Å².